The first-order valence-corrected chi connectivity index (χ1v) is 9.37. The van der Waals surface area contributed by atoms with Crippen LogP contribution in [0.15, 0.2) is 18.2 Å². The maximum absolute atomic E-state index is 14.8. The van der Waals surface area contributed by atoms with Crippen molar-refractivity contribution in [2.45, 2.75) is 26.1 Å². The number of amides is 3. The van der Waals surface area contributed by atoms with Gasteiger partial charge in [-0.2, -0.15) is 0 Å². The molecule has 0 bridgehead atoms. The van der Waals surface area contributed by atoms with Crippen LogP contribution in [0.5, 0.6) is 0 Å². The number of aliphatic hydroxyl groups excluding tert-OH is 1. The van der Waals surface area contributed by atoms with Crippen LogP contribution in [-0.2, 0) is 14.3 Å². The van der Waals surface area contributed by atoms with Crippen LogP contribution in [0, 0.1) is 11.7 Å². The summed E-state index contributed by atoms with van der Waals surface area (Å²) in [6, 6.07) is 4.28. The SMILES string of the molecule is CC(=O)N(C)C1CN(c2ccc(N3C[C@H](NC(=O)CO)[C@@H](C)C3)c(F)c2)C(=O)O1. The number of rotatable bonds is 5. The maximum Gasteiger partial charge on any atom is 0.416 e. The molecule has 2 N–H and O–H groups in total. The molecule has 3 amide bonds. The molecule has 0 spiro atoms. The average molecular weight is 408 g/mol. The lowest BCUT2D eigenvalue weighted by molar-refractivity contribution is -0.134. The van der Waals surface area contributed by atoms with E-state index in [4.69, 9.17) is 9.84 Å². The number of halogens is 1. The minimum absolute atomic E-state index is 0.0843. The number of hydrogen-bond acceptors (Lipinski definition) is 6. The van der Waals surface area contributed by atoms with Gasteiger partial charge in [-0.25, -0.2) is 9.18 Å². The summed E-state index contributed by atoms with van der Waals surface area (Å²) in [7, 11) is 1.54. The summed E-state index contributed by atoms with van der Waals surface area (Å²) in [5, 5.41) is 11.6. The van der Waals surface area contributed by atoms with Crippen molar-refractivity contribution in [2.24, 2.45) is 5.92 Å². The van der Waals surface area contributed by atoms with Gasteiger partial charge in [0.25, 0.3) is 0 Å². The molecule has 2 aliphatic rings. The van der Waals surface area contributed by atoms with Crippen molar-refractivity contribution in [3.8, 4) is 0 Å². The molecule has 9 nitrogen and oxygen atoms in total. The van der Waals surface area contributed by atoms with E-state index in [1.807, 2.05) is 11.8 Å². The van der Waals surface area contributed by atoms with Gasteiger partial charge in [-0.05, 0) is 24.1 Å². The highest BCUT2D eigenvalue weighted by Gasteiger charge is 2.37. The average Bonchev–Trinajstić information content (AvgIpc) is 3.23. The van der Waals surface area contributed by atoms with Crippen molar-refractivity contribution < 1.29 is 28.6 Å². The molecule has 3 rings (SSSR count). The third kappa shape index (κ3) is 4.26. The van der Waals surface area contributed by atoms with E-state index in [-0.39, 0.29) is 24.4 Å². The third-order valence-corrected chi connectivity index (χ3v) is 5.41. The molecule has 0 aliphatic carbocycles. The predicted molar refractivity (Wildman–Crippen MR) is 103 cm³/mol. The number of aliphatic hydroxyl groups is 1. The Morgan fingerprint density at radius 1 is 1.34 bits per heavy atom. The van der Waals surface area contributed by atoms with Gasteiger partial charge in [0.15, 0.2) is 6.23 Å². The first-order valence-electron chi connectivity index (χ1n) is 9.37. The van der Waals surface area contributed by atoms with Crippen molar-refractivity contribution in [2.75, 3.05) is 43.1 Å². The number of carbonyl (C=O) groups is 3. The zero-order chi connectivity index (χ0) is 21.3. The number of carbonyl (C=O) groups excluding carboxylic acids is 3. The van der Waals surface area contributed by atoms with Gasteiger partial charge in [0.1, 0.15) is 12.4 Å². The van der Waals surface area contributed by atoms with Crippen LogP contribution in [0.3, 0.4) is 0 Å². The lowest BCUT2D eigenvalue weighted by Gasteiger charge is -2.22. The summed E-state index contributed by atoms with van der Waals surface area (Å²) in [5.41, 5.74) is 0.708. The monoisotopic (exact) mass is 408 g/mol. The molecule has 3 atom stereocenters. The van der Waals surface area contributed by atoms with Crippen LogP contribution in [0.2, 0.25) is 0 Å². The van der Waals surface area contributed by atoms with Crippen molar-refractivity contribution in [3.05, 3.63) is 24.0 Å². The summed E-state index contributed by atoms with van der Waals surface area (Å²) in [5.74, 6) is -1.12. The number of anilines is 2. The number of cyclic esters (lactones) is 1. The number of nitrogens with one attached hydrogen (secondary N) is 1. The molecule has 1 aromatic carbocycles. The van der Waals surface area contributed by atoms with Crippen LogP contribution >= 0.6 is 0 Å². The first kappa shape index (κ1) is 20.8. The Balaban J connectivity index is 1.72. The fourth-order valence-corrected chi connectivity index (χ4v) is 3.59. The Kier molecular flexibility index (Phi) is 5.92. The van der Waals surface area contributed by atoms with E-state index >= 15 is 0 Å². The topological polar surface area (TPSA) is 102 Å². The van der Waals surface area contributed by atoms with Gasteiger partial charge in [0, 0.05) is 27.1 Å². The first-order chi connectivity index (χ1) is 13.7. The molecule has 29 heavy (non-hydrogen) atoms. The van der Waals surface area contributed by atoms with Gasteiger partial charge in [-0.1, -0.05) is 6.92 Å². The second kappa shape index (κ2) is 8.24. The van der Waals surface area contributed by atoms with Crippen molar-refractivity contribution in [1.29, 1.82) is 0 Å². The Morgan fingerprint density at radius 3 is 2.69 bits per heavy atom. The second-order valence-corrected chi connectivity index (χ2v) is 7.43. The van der Waals surface area contributed by atoms with Crippen molar-refractivity contribution in [1.82, 2.24) is 10.2 Å². The lowest BCUT2D eigenvalue weighted by atomic mass is 10.1. The highest BCUT2D eigenvalue weighted by Crippen LogP contribution is 2.31. The Labute approximate surface area is 168 Å². The summed E-state index contributed by atoms with van der Waals surface area (Å²) in [6.45, 7) is 3.81. The molecular formula is C19H25FN4O5. The number of hydrogen-bond donors (Lipinski definition) is 2. The number of nitrogens with zero attached hydrogens (tertiary/aromatic N) is 3. The number of benzene rings is 1. The standard InChI is InChI=1S/C19H25FN4O5/c1-11-7-23(8-15(11)21-17(27)10-25)16-5-4-13(6-14(16)20)24-9-18(29-19(24)28)22(3)12(2)26/h4-6,11,15,18,25H,7-10H2,1-3H3,(H,21,27)/t11-,15-,18?/m0/s1. The minimum Gasteiger partial charge on any atom is -0.423 e. The Bertz CT molecular complexity index is 820. The lowest BCUT2D eigenvalue weighted by Crippen LogP contribution is -2.41. The van der Waals surface area contributed by atoms with Gasteiger partial charge in [-0.3, -0.25) is 14.5 Å². The minimum atomic E-state index is -0.724. The third-order valence-electron chi connectivity index (χ3n) is 5.41. The fourth-order valence-electron chi connectivity index (χ4n) is 3.59. The number of ether oxygens (including phenoxy) is 1. The summed E-state index contributed by atoms with van der Waals surface area (Å²) in [6.07, 6.45) is -1.37. The van der Waals surface area contributed by atoms with Gasteiger partial charge in [0.2, 0.25) is 11.8 Å². The smallest absolute Gasteiger partial charge is 0.416 e. The summed E-state index contributed by atoms with van der Waals surface area (Å²) < 4.78 is 20.0. The molecule has 2 heterocycles. The predicted octanol–water partition coefficient (Wildman–Crippen LogP) is 0.520. The largest absolute Gasteiger partial charge is 0.423 e. The van der Waals surface area contributed by atoms with E-state index in [1.165, 1.54) is 29.8 Å². The molecular weight excluding hydrogens is 383 g/mol. The van der Waals surface area contributed by atoms with Crippen molar-refractivity contribution in [3.63, 3.8) is 0 Å². The highest BCUT2D eigenvalue weighted by molar-refractivity contribution is 5.90. The molecule has 158 valence electrons. The van der Waals surface area contributed by atoms with Crippen LogP contribution in [0.4, 0.5) is 20.6 Å². The Hall–Kier alpha value is -2.88. The van der Waals surface area contributed by atoms with Crippen LogP contribution in [0.1, 0.15) is 13.8 Å². The molecule has 2 saturated heterocycles. The van der Waals surface area contributed by atoms with E-state index in [0.29, 0.717) is 24.5 Å². The van der Waals surface area contributed by atoms with Gasteiger partial charge in [-0.15, -0.1) is 0 Å². The van der Waals surface area contributed by atoms with E-state index in [2.05, 4.69) is 5.32 Å². The van der Waals surface area contributed by atoms with Crippen molar-refractivity contribution >= 4 is 29.3 Å². The molecule has 1 aromatic rings. The molecule has 0 aromatic heterocycles. The molecule has 0 saturated carbocycles. The fraction of sp³-hybridized carbons (Fsp3) is 0.526. The summed E-state index contributed by atoms with van der Waals surface area (Å²) >= 11 is 0. The molecule has 0 radical (unpaired) electrons. The van der Waals surface area contributed by atoms with E-state index in [0.717, 1.165) is 0 Å². The summed E-state index contributed by atoms with van der Waals surface area (Å²) in [4.78, 5) is 39.5. The highest BCUT2D eigenvalue weighted by atomic mass is 19.1. The zero-order valence-corrected chi connectivity index (χ0v) is 16.6. The Morgan fingerprint density at radius 2 is 2.07 bits per heavy atom. The molecule has 2 fully saturated rings. The maximum atomic E-state index is 14.8. The second-order valence-electron chi connectivity index (χ2n) is 7.43. The van der Waals surface area contributed by atoms with Gasteiger partial charge in [0.05, 0.1) is 24.0 Å². The van der Waals surface area contributed by atoms with E-state index < -0.39 is 30.7 Å². The van der Waals surface area contributed by atoms with Crippen LogP contribution in [-0.4, -0.2) is 73.5 Å². The number of likely N-dealkylation sites (N-methyl/N-ethyl adjacent to an activating group) is 1. The van der Waals surface area contributed by atoms with E-state index in [9.17, 15) is 18.8 Å². The van der Waals surface area contributed by atoms with Crippen LogP contribution < -0.4 is 15.1 Å². The van der Waals surface area contributed by atoms with Gasteiger partial charge < -0.3 is 25.0 Å². The van der Waals surface area contributed by atoms with Crippen LogP contribution in [0.25, 0.3) is 0 Å². The van der Waals surface area contributed by atoms with E-state index in [1.54, 1.807) is 12.1 Å². The van der Waals surface area contributed by atoms with Gasteiger partial charge >= 0.3 is 6.09 Å². The molecule has 2 aliphatic heterocycles. The normalized spacial score (nSPS) is 23.9. The zero-order valence-electron chi connectivity index (χ0n) is 16.6. The quantitative estimate of drug-likeness (QED) is 0.737. The molecule has 1 unspecified atom stereocenters. The molecule has 10 heteroatoms.